The highest BCUT2D eigenvalue weighted by Crippen LogP contribution is 2.18. The van der Waals surface area contributed by atoms with Crippen LogP contribution in [0.25, 0.3) is 0 Å². The fourth-order valence-corrected chi connectivity index (χ4v) is 1.58. The maximum absolute atomic E-state index is 11.6. The summed E-state index contributed by atoms with van der Waals surface area (Å²) in [5, 5.41) is 6.03. The topological polar surface area (TPSA) is 59.6 Å². The van der Waals surface area contributed by atoms with Crippen molar-refractivity contribution in [3.05, 3.63) is 24.3 Å². The average Bonchev–Trinajstić information content (AvgIpc) is 2.43. The summed E-state index contributed by atoms with van der Waals surface area (Å²) in [5.41, 5.74) is 0. The third kappa shape index (κ3) is 7.21. The van der Waals surface area contributed by atoms with E-state index in [1.807, 2.05) is 26.0 Å². The summed E-state index contributed by atoms with van der Waals surface area (Å²) in [6, 6.07) is 7.43. The molecule has 0 aliphatic carbocycles. The zero-order valence-corrected chi connectivity index (χ0v) is 13.0. The first kappa shape index (κ1) is 18.5. The summed E-state index contributed by atoms with van der Waals surface area (Å²) in [7, 11) is 1.59. The fourth-order valence-electron chi connectivity index (χ4n) is 1.58. The number of amides is 1. The molecule has 20 heavy (non-hydrogen) atoms. The predicted octanol–water partition coefficient (Wildman–Crippen LogP) is 1.61. The number of hydrogen-bond acceptors (Lipinski definition) is 4. The number of likely N-dealkylation sites (N-methyl/N-ethyl adjacent to an activating group) is 1. The van der Waals surface area contributed by atoms with E-state index in [0.29, 0.717) is 18.0 Å². The summed E-state index contributed by atoms with van der Waals surface area (Å²) in [5.74, 6) is 1.19. The van der Waals surface area contributed by atoms with Gasteiger partial charge >= 0.3 is 0 Å². The Morgan fingerprint density at radius 3 is 2.70 bits per heavy atom. The lowest BCUT2D eigenvalue weighted by Gasteiger charge is -2.13. The van der Waals surface area contributed by atoms with Gasteiger partial charge in [0.2, 0.25) is 0 Å². The molecule has 0 saturated carbocycles. The van der Waals surface area contributed by atoms with Gasteiger partial charge in [0.15, 0.2) is 6.61 Å². The standard InChI is InChI=1S/C14H22N2O3.ClH/c1-4-15-11(2)9-16-14(17)10-19-13-7-5-6-12(8-13)18-3;/h5-8,11,15H,4,9-10H2,1-3H3,(H,16,17);1H/t11-;/m1./s1. The van der Waals surface area contributed by atoms with Crippen LogP contribution in [-0.4, -0.2) is 38.8 Å². The summed E-state index contributed by atoms with van der Waals surface area (Å²) in [4.78, 5) is 11.6. The Morgan fingerprint density at radius 2 is 2.05 bits per heavy atom. The van der Waals surface area contributed by atoms with Crippen molar-refractivity contribution >= 4 is 18.3 Å². The Morgan fingerprint density at radius 1 is 1.35 bits per heavy atom. The normalized spacial score (nSPS) is 11.2. The van der Waals surface area contributed by atoms with Crippen molar-refractivity contribution in [3.8, 4) is 11.5 Å². The first-order chi connectivity index (χ1) is 9.15. The molecular formula is C14H23ClN2O3. The minimum atomic E-state index is -0.132. The molecule has 0 spiro atoms. The molecule has 0 heterocycles. The van der Waals surface area contributed by atoms with E-state index in [2.05, 4.69) is 10.6 Å². The maximum atomic E-state index is 11.6. The van der Waals surface area contributed by atoms with Crippen LogP contribution >= 0.6 is 12.4 Å². The average molecular weight is 303 g/mol. The van der Waals surface area contributed by atoms with E-state index in [9.17, 15) is 4.79 Å². The Bertz CT molecular complexity index is 402. The maximum Gasteiger partial charge on any atom is 0.257 e. The molecule has 0 radical (unpaired) electrons. The molecule has 0 unspecified atom stereocenters. The van der Waals surface area contributed by atoms with E-state index >= 15 is 0 Å². The monoisotopic (exact) mass is 302 g/mol. The Balaban J connectivity index is 0.00000361. The Hall–Kier alpha value is -1.46. The second kappa shape index (κ2) is 10.3. The van der Waals surface area contributed by atoms with Gasteiger partial charge in [-0.2, -0.15) is 0 Å². The molecule has 0 fully saturated rings. The number of methoxy groups -OCH3 is 1. The van der Waals surface area contributed by atoms with Gasteiger partial charge in [-0.05, 0) is 25.6 Å². The summed E-state index contributed by atoms with van der Waals surface area (Å²) >= 11 is 0. The molecule has 0 aliphatic rings. The van der Waals surface area contributed by atoms with Crippen LogP contribution < -0.4 is 20.1 Å². The van der Waals surface area contributed by atoms with Crippen LogP contribution in [0.5, 0.6) is 11.5 Å². The highest BCUT2D eigenvalue weighted by atomic mass is 35.5. The van der Waals surface area contributed by atoms with Gasteiger partial charge in [-0.3, -0.25) is 4.79 Å². The Kier molecular flexibility index (Phi) is 9.59. The molecule has 1 atom stereocenters. The highest BCUT2D eigenvalue weighted by molar-refractivity contribution is 5.85. The number of benzene rings is 1. The van der Waals surface area contributed by atoms with Crippen LogP contribution in [0.4, 0.5) is 0 Å². The number of ether oxygens (including phenoxy) is 2. The zero-order chi connectivity index (χ0) is 14.1. The number of carbonyl (C=O) groups is 1. The smallest absolute Gasteiger partial charge is 0.257 e. The summed E-state index contributed by atoms with van der Waals surface area (Å²) in [6.07, 6.45) is 0. The van der Waals surface area contributed by atoms with Gasteiger partial charge in [0.1, 0.15) is 11.5 Å². The zero-order valence-electron chi connectivity index (χ0n) is 12.1. The molecule has 0 saturated heterocycles. The lowest BCUT2D eigenvalue weighted by atomic mass is 10.3. The number of carbonyl (C=O) groups excluding carboxylic acids is 1. The van der Waals surface area contributed by atoms with Crippen molar-refractivity contribution in [3.63, 3.8) is 0 Å². The van der Waals surface area contributed by atoms with Gasteiger partial charge in [-0.25, -0.2) is 0 Å². The molecule has 0 bridgehead atoms. The van der Waals surface area contributed by atoms with Gasteiger partial charge in [-0.15, -0.1) is 12.4 Å². The molecule has 114 valence electrons. The molecular weight excluding hydrogens is 280 g/mol. The number of nitrogens with one attached hydrogen (secondary N) is 2. The molecule has 6 heteroatoms. The van der Waals surface area contributed by atoms with Crippen molar-refractivity contribution < 1.29 is 14.3 Å². The van der Waals surface area contributed by atoms with E-state index < -0.39 is 0 Å². The minimum absolute atomic E-state index is 0. The minimum Gasteiger partial charge on any atom is -0.497 e. The number of rotatable bonds is 8. The third-order valence-corrected chi connectivity index (χ3v) is 2.57. The van der Waals surface area contributed by atoms with Gasteiger partial charge < -0.3 is 20.1 Å². The molecule has 1 aromatic rings. The van der Waals surface area contributed by atoms with Gasteiger partial charge in [0, 0.05) is 18.7 Å². The van der Waals surface area contributed by atoms with Crippen LogP contribution in [0.1, 0.15) is 13.8 Å². The second-order valence-corrected chi connectivity index (χ2v) is 4.23. The van der Waals surface area contributed by atoms with E-state index in [0.717, 1.165) is 6.54 Å². The van der Waals surface area contributed by atoms with E-state index in [1.54, 1.807) is 19.2 Å². The molecule has 1 rings (SSSR count). The van der Waals surface area contributed by atoms with Crippen molar-refractivity contribution in [2.75, 3.05) is 26.8 Å². The van der Waals surface area contributed by atoms with Gasteiger partial charge in [0.25, 0.3) is 5.91 Å². The largest absolute Gasteiger partial charge is 0.497 e. The van der Waals surface area contributed by atoms with Crippen LogP contribution in [0.15, 0.2) is 24.3 Å². The summed E-state index contributed by atoms with van der Waals surface area (Å²) < 4.78 is 10.5. The molecule has 1 amide bonds. The van der Waals surface area contributed by atoms with Gasteiger partial charge in [-0.1, -0.05) is 13.0 Å². The van der Waals surface area contributed by atoms with E-state index in [1.165, 1.54) is 0 Å². The number of hydrogen-bond donors (Lipinski definition) is 2. The third-order valence-electron chi connectivity index (χ3n) is 2.57. The van der Waals surface area contributed by atoms with Crippen LogP contribution in [0, 0.1) is 0 Å². The fraction of sp³-hybridized carbons (Fsp3) is 0.500. The quantitative estimate of drug-likeness (QED) is 0.766. The first-order valence-electron chi connectivity index (χ1n) is 6.42. The molecule has 0 aromatic heterocycles. The lowest BCUT2D eigenvalue weighted by Crippen LogP contribution is -2.40. The molecule has 5 nitrogen and oxygen atoms in total. The van der Waals surface area contributed by atoms with Crippen molar-refractivity contribution in [2.45, 2.75) is 19.9 Å². The van der Waals surface area contributed by atoms with E-state index in [4.69, 9.17) is 9.47 Å². The molecule has 1 aromatic carbocycles. The van der Waals surface area contributed by atoms with Crippen LogP contribution in [0.3, 0.4) is 0 Å². The van der Waals surface area contributed by atoms with Gasteiger partial charge in [0.05, 0.1) is 7.11 Å². The Labute approximate surface area is 126 Å². The lowest BCUT2D eigenvalue weighted by molar-refractivity contribution is -0.123. The van der Waals surface area contributed by atoms with E-state index in [-0.39, 0.29) is 31.0 Å². The summed E-state index contributed by atoms with van der Waals surface area (Å²) in [6.45, 7) is 5.54. The molecule has 0 aliphatic heterocycles. The van der Waals surface area contributed by atoms with Crippen molar-refractivity contribution in [1.29, 1.82) is 0 Å². The second-order valence-electron chi connectivity index (χ2n) is 4.23. The van der Waals surface area contributed by atoms with Crippen molar-refractivity contribution in [1.82, 2.24) is 10.6 Å². The SMILES string of the molecule is CCN[C@H](C)CNC(=O)COc1cccc(OC)c1.Cl. The number of halogens is 1. The van der Waals surface area contributed by atoms with Crippen LogP contribution in [0.2, 0.25) is 0 Å². The highest BCUT2D eigenvalue weighted by Gasteiger charge is 2.05. The predicted molar refractivity (Wildman–Crippen MR) is 81.9 cm³/mol. The first-order valence-corrected chi connectivity index (χ1v) is 6.42. The van der Waals surface area contributed by atoms with Crippen LogP contribution in [-0.2, 0) is 4.79 Å². The van der Waals surface area contributed by atoms with Crippen molar-refractivity contribution in [2.24, 2.45) is 0 Å². The molecule has 2 N–H and O–H groups in total.